The van der Waals surface area contributed by atoms with Crippen LogP contribution in [0.2, 0.25) is 0 Å². The molecule has 0 bridgehead atoms. The number of fused-ring (bicyclic) bond motifs is 1. The van der Waals surface area contributed by atoms with Gasteiger partial charge in [-0.2, -0.15) is 0 Å². The van der Waals surface area contributed by atoms with Gasteiger partial charge in [0.15, 0.2) is 0 Å². The summed E-state index contributed by atoms with van der Waals surface area (Å²) >= 11 is 0. The molecule has 0 spiro atoms. The van der Waals surface area contributed by atoms with Gasteiger partial charge in [0.2, 0.25) is 5.91 Å². The van der Waals surface area contributed by atoms with E-state index in [2.05, 4.69) is 5.32 Å². The molecule has 1 saturated carbocycles. The zero-order chi connectivity index (χ0) is 16.9. The molecule has 1 aliphatic rings. The highest BCUT2D eigenvalue weighted by molar-refractivity contribution is 5.86. The maximum atomic E-state index is 11.9. The van der Waals surface area contributed by atoms with Gasteiger partial charge in [0, 0.05) is 13.0 Å². The van der Waals surface area contributed by atoms with Crippen LogP contribution in [0.4, 0.5) is 0 Å². The van der Waals surface area contributed by atoms with Gasteiger partial charge in [-0.15, -0.1) is 0 Å². The Balaban J connectivity index is 1.62. The largest absolute Gasteiger partial charge is 0.481 e. The molecule has 1 amide bonds. The summed E-state index contributed by atoms with van der Waals surface area (Å²) < 4.78 is 0. The predicted molar refractivity (Wildman–Crippen MR) is 93.7 cm³/mol. The van der Waals surface area contributed by atoms with Gasteiger partial charge in [-0.05, 0) is 35.1 Å². The topological polar surface area (TPSA) is 66.4 Å². The summed E-state index contributed by atoms with van der Waals surface area (Å²) in [6.07, 6.45) is 4.30. The van der Waals surface area contributed by atoms with E-state index in [1.54, 1.807) is 0 Å². The molecule has 0 aliphatic heterocycles. The lowest BCUT2D eigenvalue weighted by molar-refractivity contribution is -0.141. The highest BCUT2D eigenvalue weighted by Gasteiger charge is 2.23. The van der Waals surface area contributed by atoms with Crippen molar-refractivity contribution in [3.63, 3.8) is 0 Å². The molecule has 3 rings (SSSR count). The number of aliphatic carboxylic acids is 1. The molecule has 1 atom stereocenters. The van der Waals surface area contributed by atoms with Crippen LogP contribution in [0.1, 0.15) is 31.2 Å². The first-order chi connectivity index (χ1) is 11.6. The molecule has 0 radical (unpaired) electrons. The summed E-state index contributed by atoms with van der Waals surface area (Å²) in [5, 5.41) is 14.5. The van der Waals surface area contributed by atoms with E-state index in [1.165, 1.54) is 12.8 Å². The monoisotopic (exact) mass is 325 g/mol. The van der Waals surface area contributed by atoms with Crippen LogP contribution in [0.15, 0.2) is 42.5 Å². The third-order valence-electron chi connectivity index (χ3n) is 4.72. The maximum Gasteiger partial charge on any atom is 0.308 e. The standard InChI is InChI=1S/C20H23NO3/c22-19(11-10-14-8-9-14)21-13-17(20(23)24)12-16-6-3-5-15-4-1-2-7-18(15)16/h1-7,14,17H,8-13H2,(H,21,22)(H,23,24). The molecule has 0 aromatic heterocycles. The summed E-state index contributed by atoms with van der Waals surface area (Å²) in [5.41, 5.74) is 1.01. The van der Waals surface area contributed by atoms with Crippen LogP contribution in [0.5, 0.6) is 0 Å². The van der Waals surface area contributed by atoms with Crippen molar-refractivity contribution >= 4 is 22.6 Å². The third-order valence-corrected chi connectivity index (χ3v) is 4.72. The first-order valence-corrected chi connectivity index (χ1v) is 8.59. The van der Waals surface area contributed by atoms with Crippen molar-refractivity contribution in [1.82, 2.24) is 5.32 Å². The van der Waals surface area contributed by atoms with Gasteiger partial charge < -0.3 is 10.4 Å². The van der Waals surface area contributed by atoms with Crippen LogP contribution < -0.4 is 5.32 Å². The fourth-order valence-electron chi connectivity index (χ4n) is 3.05. The van der Waals surface area contributed by atoms with Crippen molar-refractivity contribution < 1.29 is 14.7 Å². The van der Waals surface area contributed by atoms with E-state index in [4.69, 9.17) is 0 Å². The van der Waals surface area contributed by atoms with Gasteiger partial charge in [0.25, 0.3) is 0 Å². The lowest BCUT2D eigenvalue weighted by Gasteiger charge is -2.15. The van der Waals surface area contributed by atoms with Gasteiger partial charge in [0.1, 0.15) is 0 Å². The number of hydrogen-bond acceptors (Lipinski definition) is 2. The van der Waals surface area contributed by atoms with Crippen LogP contribution >= 0.6 is 0 Å². The average Bonchev–Trinajstić information content (AvgIpc) is 3.41. The number of carboxylic acid groups (broad SMARTS) is 1. The predicted octanol–water partition coefficient (Wildman–Crippen LogP) is 3.39. The Bertz CT molecular complexity index is 731. The van der Waals surface area contributed by atoms with E-state index in [9.17, 15) is 14.7 Å². The minimum atomic E-state index is -0.870. The van der Waals surface area contributed by atoms with Crippen LogP contribution in [0, 0.1) is 11.8 Å². The smallest absolute Gasteiger partial charge is 0.308 e. The molecular weight excluding hydrogens is 302 g/mol. The lowest BCUT2D eigenvalue weighted by Crippen LogP contribution is -2.34. The van der Waals surface area contributed by atoms with Crippen molar-refractivity contribution in [3.8, 4) is 0 Å². The van der Waals surface area contributed by atoms with Crippen molar-refractivity contribution in [1.29, 1.82) is 0 Å². The van der Waals surface area contributed by atoms with Gasteiger partial charge in [-0.25, -0.2) is 0 Å². The molecule has 126 valence electrons. The molecule has 2 aromatic carbocycles. The molecule has 2 N–H and O–H groups in total. The van der Waals surface area contributed by atoms with Crippen LogP contribution in [-0.4, -0.2) is 23.5 Å². The van der Waals surface area contributed by atoms with E-state index < -0.39 is 11.9 Å². The number of carbonyl (C=O) groups is 2. The second kappa shape index (κ2) is 7.47. The Hall–Kier alpha value is -2.36. The first kappa shape index (κ1) is 16.5. The fourth-order valence-corrected chi connectivity index (χ4v) is 3.05. The van der Waals surface area contributed by atoms with Crippen molar-refractivity contribution in [2.24, 2.45) is 11.8 Å². The molecular formula is C20H23NO3. The van der Waals surface area contributed by atoms with Gasteiger partial charge in [0.05, 0.1) is 5.92 Å². The normalized spacial score (nSPS) is 15.2. The van der Waals surface area contributed by atoms with Gasteiger partial charge in [-0.1, -0.05) is 55.3 Å². The summed E-state index contributed by atoms with van der Waals surface area (Å²) in [5.74, 6) is -0.807. The quantitative estimate of drug-likeness (QED) is 0.782. The highest BCUT2D eigenvalue weighted by atomic mass is 16.4. The minimum absolute atomic E-state index is 0.0360. The molecule has 2 aromatic rings. The van der Waals surface area contributed by atoms with Crippen molar-refractivity contribution in [2.45, 2.75) is 32.1 Å². The van der Waals surface area contributed by atoms with E-state index in [1.807, 2.05) is 42.5 Å². The second-order valence-electron chi connectivity index (χ2n) is 6.66. The lowest BCUT2D eigenvalue weighted by atomic mass is 9.94. The number of rotatable bonds is 8. The van der Waals surface area contributed by atoms with Gasteiger partial charge >= 0.3 is 5.97 Å². The molecule has 0 saturated heterocycles. The van der Waals surface area contributed by atoms with Crippen LogP contribution in [0.3, 0.4) is 0 Å². The van der Waals surface area contributed by atoms with Crippen LogP contribution in [-0.2, 0) is 16.0 Å². The third kappa shape index (κ3) is 4.34. The fraction of sp³-hybridized carbons (Fsp3) is 0.400. The molecule has 1 aliphatic carbocycles. The van der Waals surface area contributed by atoms with E-state index in [-0.39, 0.29) is 12.5 Å². The Morgan fingerprint density at radius 2 is 1.88 bits per heavy atom. The molecule has 0 heterocycles. The molecule has 24 heavy (non-hydrogen) atoms. The summed E-state index contributed by atoms with van der Waals surface area (Å²) in [6, 6.07) is 13.9. The zero-order valence-electron chi connectivity index (χ0n) is 13.7. The summed E-state index contributed by atoms with van der Waals surface area (Å²) in [6.45, 7) is 0.183. The Morgan fingerprint density at radius 3 is 2.62 bits per heavy atom. The molecule has 1 unspecified atom stereocenters. The second-order valence-corrected chi connectivity index (χ2v) is 6.66. The van der Waals surface area contributed by atoms with E-state index in [0.717, 1.165) is 22.8 Å². The first-order valence-electron chi connectivity index (χ1n) is 8.59. The number of carboxylic acids is 1. The molecule has 4 heteroatoms. The number of benzene rings is 2. The van der Waals surface area contributed by atoms with Gasteiger partial charge in [-0.3, -0.25) is 9.59 Å². The van der Waals surface area contributed by atoms with Crippen molar-refractivity contribution in [3.05, 3.63) is 48.0 Å². The number of carbonyl (C=O) groups excluding carboxylic acids is 1. The number of hydrogen-bond donors (Lipinski definition) is 2. The molecule has 1 fully saturated rings. The van der Waals surface area contributed by atoms with E-state index in [0.29, 0.717) is 18.8 Å². The maximum absolute atomic E-state index is 11.9. The number of nitrogens with one attached hydrogen (secondary N) is 1. The van der Waals surface area contributed by atoms with E-state index >= 15 is 0 Å². The Morgan fingerprint density at radius 1 is 1.12 bits per heavy atom. The average molecular weight is 325 g/mol. The minimum Gasteiger partial charge on any atom is -0.481 e. The number of amides is 1. The zero-order valence-corrected chi connectivity index (χ0v) is 13.7. The summed E-state index contributed by atoms with van der Waals surface area (Å²) in [4.78, 5) is 23.4. The Labute approximate surface area is 141 Å². The Kier molecular flexibility index (Phi) is 5.14. The SMILES string of the molecule is O=C(CCC1CC1)NCC(Cc1cccc2ccccc12)C(=O)O. The van der Waals surface area contributed by atoms with Crippen molar-refractivity contribution in [2.75, 3.05) is 6.54 Å². The summed E-state index contributed by atoms with van der Waals surface area (Å²) in [7, 11) is 0. The highest BCUT2D eigenvalue weighted by Crippen LogP contribution is 2.33. The van der Waals surface area contributed by atoms with Crippen LogP contribution in [0.25, 0.3) is 10.8 Å². The molecule has 4 nitrogen and oxygen atoms in total.